The molecule has 0 saturated carbocycles. The van der Waals surface area contributed by atoms with Crippen molar-refractivity contribution in [3.8, 4) is 0 Å². The number of hydrogen-bond donors (Lipinski definition) is 2. The van der Waals surface area contributed by atoms with Crippen LogP contribution in [0.5, 0.6) is 0 Å². The summed E-state index contributed by atoms with van der Waals surface area (Å²) in [6.07, 6.45) is -1.04. The summed E-state index contributed by atoms with van der Waals surface area (Å²) in [6, 6.07) is 11.2. The van der Waals surface area contributed by atoms with Crippen molar-refractivity contribution in [2.24, 2.45) is 5.14 Å². The second-order valence-electron chi connectivity index (χ2n) is 5.89. The summed E-state index contributed by atoms with van der Waals surface area (Å²) in [6.45, 7) is 3.37. The van der Waals surface area contributed by atoms with E-state index >= 15 is 0 Å². The summed E-state index contributed by atoms with van der Waals surface area (Å²) in [7, 11) is -3.88. The number of esters is 1. The zero-order valence-electron chi connectivity index (χ0n) is 15.1. The van der Waals surface area contributed by atoms with Gasteiger partial charge in [-0.15, -0.1) is 11.8 Å². The van der Waals surface area contributed by atoms with Crippen molar-refractivity contribution < 1.29 is 22.7 Å². The molecule has 10 heteroatoms. The highest BCUT2D eigenvalue weighted by Gasteiger charge is 2.19. The van der Waals surface area contributed by atoms with E-state index < -0.39 is 28.0 Å². The molecule has 0 heterocycles. The Labute approximate surface area is 176 Å². The predicted octanol–water partition coefficient (Wildman–Crippen LogP) is 3.07. The van der Waals surface area contributed by atoms with Crippen LogP contribution in [-0.2, 0) is 24.3 Å². The molecule has 0 aromatic heterocycles. The summed E-state index contributed by atoms with van der Waals surface area (Å²) in [5.41, 5.74) is 1.26. The molecule has 2 aromatic rings. The molecule has 2 rings (SSSR count). The lowest BCUT2D eigenvalue weighted by molar-refractivity contribution is -0.150. The van der Waals surface area contributed by atoms with E-state index in [1.54, 1.807) is 0 Å². The Bertz CT molecular complexity index is 995. The van der Waals surface area contributed by atoms with Gasteiger partial charge in [0.2, 0.25) is 10.0 Å². The highest BCUT2D eigenvalue weighted by molar-refractivity contribution is 9.10. The van der Waals surface area contributed by atoms with Gasteiger partial charge in [-0.05, 0) is 55.8 Å². The molecular weight excluding hydrogens is 468 g/mol. The largest absolute Gasteiger partial charge is 0.452 e. The van der Waals surface area contributed by atoms with Crippen LogP contribution in [0.25, 0.3) is 0 Å². The zero-order valence-corrected chi connectivity index (χ0v) is 18.4. The van der Waals surface area contributed by atoms with E-state index in [0.29, 0.717) is 0 Å². The lowest BCUT2D eigenvalue weighted by atomic mass is 10.2. The number of halogens is 1. The molecule has 0 aliphatic rings. The third kappa shape index (κ3) is 6.62. The smallest absolute Gasteiger partial charge is 0.317 e. The molecule has 0 aliphatic heterocycles. The molecule has 1 atom stereocenters. The number of carbonyl (C=O) groups is 2. The van der Waals surface area contributed by atoms with Crippen LogP contribution in [0.2, 0.25) is 0 Å². The molecule has 1 amide bonds. The Kier molecular flexibility index (Phi) is 7.64. The zero-order chi connectivity index (χ0) is 20.9. The molecule has 3 N–H and O–H groups in total. The fraction of sp³-hybridized carbons (Fsp3) is 0.222. The van der Waals surface area contributed by atoms with Crippen LogP contribution in [0, 0.1) is 6.92 Å². The van der Waals surface area contributed by atoms with Crippen LogP contribution < -0.4 is 10.5 Å². The summed E-state index contributed by atoms with van der Waals surface area (Å²) < 4.78 is 28.8. The maximum absolute atomic E-state index is 12.2. The molecule has 7 nitrogen and oxygen atoms in total. The van der Waals surface area contributed by atoms with Crippen molar-refractivity contribution in [3.05, 3.63) is 52.5 Å². The van der Waals surface area contributed by atoms with Gasteiger partial charge in [-0.25, -0.2) is 13.6 Å². The van der Waals surface area contributed by atoms with Crippen LogP contribution in [0.3, 0.4) is 0 Å². The SMILES string of the molecule is Cc1cc(Br)ccc1SCC(=O)OC(C)C(=O)Nc1cccc(S(N)(=O)=O)c1. The number of benzene rings is 2. The van der Waals surface area contributed by atoms with Gasteiger partial charge < -0.3 is 10.1 Å². The van der Waals surface area contributed by atoms with Gasteiger partial charge in [0, 0.05) is 15.1 Å². The topological polar surface area (TPSA) is 116 Å². The van der Waals surface area contributed by atoms with Crippen molar-refractivity contribution in [2.75, 3.05) is 11.1 Å². The van der Waals surface area contributed by atoms with Crippen molar-refractivity contribution in [3.63, 3.8) is 0 Å². The normalized spacial score (nSPS) is 12.3. The fourth-order valence-corrected chi connectivity index (χ4v) is 4.02. The Hall–Kier alpha value is -1.88. The number of rotatable bonds is 7. The average Bonchev–Trinajstić information content (AvgIpc) is 2.60. The molecule has 2 aromatic carbocycles. The monoisotopic (exact) mass is 486 g/mol. The van der Waals surface area contributed by atoms with Crippen LogP contribution in [0.4, 0.5) is 5.69 Å². The summed E-state index contributed by atoms with van der Waals surface area (Å²) in [4.78, 5) is 25.0. The fourth-order valence-electron chi connectivity index (χ4n) is 2.19. The van der Waals surface area contributed by atoms with Gasteiger partial charge in [-0.3, -0.25) is 9.59 Å². The standard InChI is InChI=1S/C18H19BrN2O5S2/c1-11-8-13(19)6-7-16(11)27-10-17(22)26-12(2)18(23)21-14-4-3-5-15(9-14)28(20,24)25/h3-9,12H,10H2,1-2H3,(H,21,23)(H2,20,24,25). The predicted molar refractivity (Wildman–Crippen MR) is 112 cm³/mol. The van der Waals surface area contributed by atoms with Gasteiger partial charge in [0.05, 0.1) is 10.6 Å². The van der Waals surface area contributed by atoms with E-state index in [4.69, 9.17) is 9.88 Å². The van der Waals surface area contributed by atoms with Crippen molar-refractivity contribution in [1.82, 2.24) is 0 Å². The quantitative estimate of drug-likeness (QED) is 0.458. The first kappa shape index (κ1) is 22.4. The van der Waals surface area contributed by atoms with Crippen LogP contribution >= 0.6 is 27.7 Å². The maximum atomic E-state index is 12.2. The number of amides is 1. The third-order valence-electron chi connectivity index (χ3n) is 3.59. The van der Waals surface area contributed by atoms with Gasteiger partial charge in [0.1, 0.15) is 0 Å². The number of thioether (sulfide) groups is 1. The second kappa shape index (κ2) is 9.55. The number of sulfonamides is 1. The van der Waals surface area contributed by atoms with Gasteiger partial charge in [0.25, 0.3) is 5.91 Å². The molecule has 0 radical (unpaired) electrons. The van der Waals surface area contributed by atoms with E-state index in [-0.39, 0.29) is 16.3 Å². The average molecular weight is 487 g/mol. The molecule has 0 saturated heterocycles. The first-order valence-electron chi connectivity index (χ1n) is 8.08. The highest BCUT2D eigenvalue weighted by atomic mass is 79.9. The van der Waals surface area contributed by atoms with Gasteiger partial charge in [0.15, 0.2) is 6.10 Å². The lowest BCUT2D eigenvalue weighted by Gasteiger charge is -2.14. The summed E-state index contributed by atoms with van der Waals surface area (Å²) >= 11 is 4.70. The number of carbonyl (C=O) groups excluding carboxylic acids is 2. The summed E-state index contributed by atoms with van der Waals surface area (Å²) in [5.74, 6) is -1.06. The first-order valence-corrected chi connectivity index (χ1v) is 11.4. The number of nitrogens with one attached hydrogen (secondary N) is 1. The number of primary sulfonamides is 1. The van der Waals surface area contributed by atoms with Gasteiger partial charge in [-0.1, -0.05) is 22.0 Å². The lowest BCUT2D eigenvalue weighted by Crippen LogP contribution is -2.30. The highest BCUT2D eigenvalue weighted by Crippen LogP contribution is 2.25. The number of hydrogen-bond acceptors (Lipinski definition) is 6. The minimum Gasteiger partial charge on any atom is -0.452 e. The molecule has 0 aliphatic carbocycles. The van der Waals surface area contributed by atoms with Crippen LogP contribution in [0.15, 0.2) is 56.7 Å². The van der Waals surface area contributed by atoms with Crippen LogP contribution in [-0.4, -0.2) is 32.2 Å². The molecule has 0 fully saturated rings. The van der Waals surface area contributed by atoms with Crippen LogP contribution in [0.1, 0.15) is 12.5 Å². The minimum atomic E-state index is -3.88. The minimum absolute atomic E-state index is 0.0565. The molecule has 0 bridgehead atoms. The molecular formula is C18H19BrN2O5S2. The van der Waals surface area contributed by atoms with E-state index in [0.717, 1.165) is 14.9 Å². The van der Waals surface area contributed by atoms with Gasteiger partial charge >= 0.3 is 5.97 Å². The molecule has 150 valence electrons. The number of aryl methyl sites for hydroxylation is 1. The number of anilines is 1. The molecule has 0 spiro atoms. The summed E-state index contributed by atoms with van der Waals surface area (Å²) in [5, 5.41) is 7.57. The Morgan fingerprint density at radius 3 is 2.61 bits per heavy atom. The Morgan fingerprint density at radius 1 is 1.25 bits per heavy atom. The molecule has 1 unspecified atom stereocenters. The van der Waals surface area contributed by atoms with Crippen molar-refractivity contribution in [2.45, 2.75) is 29.7 Å². The Balaban J connectivity index is 1.90. The maximum Gasteiger partial charge on any atom is 0.317 e. The van der Waals surface area contributed by atoms with Gasteiger partial charge in [-0.2, -0.15) is 0 Å². The van der Waals surface area contributed by atoms with E-state index in [9.17, 15) is 18.0 Å². The Morgan fingerprint density at radius 2 is 1.96 bits per heavy atom. The van der Waals surface area contributed by atoms with E-state index in [1.165, 1.54) is 43.0 Å². The second-order valence-corrected chi connectivity index (χ2v) is 9.39. The molecule has 28 heavy (non-hydrogen) atoms. The van der Waals surface area contributed by atoms with E-state index in [2.05, 4.69) is 21.2 Å². The number of nitrogens with two attached hydrogens (primary N) is 1. The first-order chi connectivity index (χ1) is 13.1. The van der Waals surface area contributed by atoms with Crippen molar-refractivity contribution in [1.29, 1.82) is 0 Å². The number of ether oxygens (including phenoxy) is 1. The third-order valence-corrected chi connectivity index (χ3v) is 6.14. The van der Waals surface area contributed by atoms with E-state index in [1.807, 2.05) is 25.1 Å². The van der Waals surface area contributed by atoms with Crippen molar-refractivity contribution >= 4 is 55.3 Å².